The number of aryl methyl sites for hydroxylation is 1. The Labute approximate surface area is 123 Å². The number of ether oxygens (including phenoxy) is 3. The summed E-state index contributed by atoms with van der Waals surface area (Å²) in [7, 11) is 1.65. The van der Waals surface area contributed by atoms with Gasteiger partial charge in [0.05, 0.1) is 12.1 Å². The molecule has 1 aromatic carbocycles. The van der Waals surface area contributed by atoms with Gasteiger partial charge < -0.3 is 24.8 Å². The molecule has 2 aliphatic rings. The number of hydrogen-bond donors (Lipinski definition) is 2. The number of nitrogens with one attached hydrogen (secondary N) is 2. The zero-order chi connectivity index (χ0) is 14.9. The van der Waals surface area contributed by atoms with Gasteiger partial charge in [-0.05, 0) is 37.8 Å². The zero-order valence-electron chi connectivity index (χ0n) is 12.3. The minimum absolute atomic E-state index is 0.214. The molecule has 0 radical (unpaired) electrons. The van der Waals surface area contributed by atoms with E-state index in [1.165, 1.54) is 0 Å². The van der Waals surface area contributed by atoms with Gasteiger partial charge in [-0.25, -0.2) is 4.79 Å². The van der Waals surface area contributed by atoms with E-state index in [1.807, 2.05) is 13.0 Å². The fourth-order valence-electron chi connectivity index (χ4n) is 2.76. The SMILES string of the molecule is COCC1(NC(=O)Nc2cc3c(cc2C)OCO3)CCC1. The fraction of sp³-hybridized carbons (Fsp3) is 0.533. The number of amides is 2. The standard InChI is InChI=1S/C15H20N2O4/c1-10-6-12-13(21-9-20-12)7-11(10)16-14(18)17-15(8-19-2)4-3-5-15/h6-7H,3-5,8-9H2,1-2H3,(H2,16,17,18). The first kappa shape index (κ1) is 14.0. The van der Waals surface area contributed by atoms with Crippen molar-refractivity contribution in [3.05, 3.63) is 17.7 Å². The van der Waals surface area contributed by atoms with Gasteiger partial charge in [-0.15, -0.1) is 0 Å². The van der Waals surface area contributed by atoms with Crippen molar-refractivity contribution in [3.8, 4) is 11.5 Å². The quantitative estimate of drug-likeness (QED) is 0.894. The van der Waals surface area contributed by atoms with Crippen LogP contribution in [-0.4, -0.2) is 32.1 Å². The van der Waals surface area contributed by atoms with Gasteiger partial charge in [-0.1, -0.05) is 0 Å². The van der Waals surface area contributed by atoms with Crippen molar-refractivity contribution in [2.75, 3.05) is 25.8 Å². The molecule has 1 aliphatic carbocycles. The van der Waals surface area contributed by atoms with Crippen molar-refractivity contribution in [1.29, 1.82) is 0 Å². The highest BCUT2D eigenvalue weighted by Crippen LogP contribution is 2.37. The van der Waals surface area contributed by atoms with Gasteiger partial charge in [-0.3, -0.25) is 0 Å². The fourth-order valence-corrected chi connectivity index (χ4v) is 2.76. The van der Waals surface area contributed by atoms with Gasteiger partial charge in [0, 0.05) is 18.9 Å². The van der Waals surface area contributed by atoms with Crippen LogP contribution in [0.2, 0.25) is 0 Å². The van der Waals surface area contributed by atoms with E-state index in [-0.39, 0.29) is 18.4 Å². The number of anilines is 1. The molecule has 0 atom stereocenters. The van der Waals surface area contributed by atoms with Crippen molar-refractivity contribution in [2.45, 2.75) is 31.7 Å². The molecule has 1 aromatic rings. The van der Waals surface area contributed by atoms with E-state index in [0.29, 0.717) is 18.1 Å². The van der Waals surface area contributed by atoms with Crippen LogP contribution in [0, 0.1) is 6.92 Å². The lowest BCUT2D eigenvalue weighted by Crippen LogP contribution is -2.57. The summed E-state index contributed by atoms with van der Waals surface area (Å²) < 4.78 is 15.9. The zero-order valence-corrected chi connectivity index (χ0v) is 12.3. The lowest BCUT2D eigenvalue weighted by atomic mass is 9.77. The van der Waals surface area contributed by atoms with E-state index >= 15 is 0 Å². The number of rotatable bonds is 4. The Morgan fingerprint density at radius 1 is 1.33 bits per heavy atom. The first-order valence-electron chi connectivity index (χ1n) is 7.10. The molecule has 1 fully saturated rings. The second-order valence-corrected chi connectivity index (χ2v) is 5.67. The average molecular weight is 292 g/mol. The molecule has 2 amide bonds. The highest BCUT2D eigenvalue weighted by atomic mass is 16.7. The molecule has 1 aliphatic heterocycles. The third-order valence-electron chi connectivity index (χ3n) is 4.08. The Bertz CT molecular complexity index is 555. The van der Waals surface area contributed by atoms with Crippen molar-refractivity contribution < 1.29 is 19.0 Å². The van der Waals surface area contributed by atoms with Gasteiger partial charge in [0.15, 0.2) is 11.5 Å². The maximum atomic E-state index is 12.2. The minimum atomic E-state index is -0.219. The lowest BCUT2D eigenvalue weighted by molar-refractivity contribution is 0.0648. The monoisotopic (exact) mass is 292 g/mol. The van der Waals surface area contributed by atoms with Crippen LogP contribution in [0.25, 0.3) is 0 Å². The van der Waals surface area contributed by atoms with Crippen LogP contribution in [-0.2, 0) is 4.74 Å². The van der Waals surface area contributed by atoms with E-state index in [0.717, 1.165) is 30.5 Å². The summed E-state index contributed by atoms with van der Waals surface area (Å²) in [5.74, 6) is 1.37. The highest BCUT2D eigenvalue weighted by molar-refractivity contribution is 5.91. The molecule has 6 nitrogen and oxygen atoms in total. The summed E-state index contributed by atoms with van der Waals surface area (Å²) in [6, 6.07) is 3.45. The van der Waals surface area contributed by atoms with Gasteiger partial charge >= 0.3 is 6.03 Å². The topological polar surface area (TPSA) is 68.8 Å². The first-order valence-corrected chi connectivity index (χ1v) is 7.10. The third-order valence-corrected chi connectivity index (χ3v) is 4.08. The second kappa shape index (κ2) is 5.44. The first-order chi connectivity index (χ1) is 10.1. The van der Waals surface area contributed by atoms with Gasteiger partial charge in [0.25, 0.3) is 0 Å². The molecule has 3 rings (SSSR count). The molecule has 0 spiro atoms. The van der Waals surface area contributed by atoms with E-state index in [1.54, 1.807) is 13.2 Å². The lowest BCUT2D eigenvalue weighted by Gasteiger charge is -2.41. The average Bonchev–Trinajstić information content (AvgIpc) is 2.83. The molecule has 21 heavy (non-hydrogen) atoms. The van der Waals surface area contributed by atoms with Gasteiger partial charge in [-0.2, -0.15) is 0 Å². The summed E-state index contributed by atoms with van der Waals surface area (Å²) >= 11 is 0. The number of hydrogen-bond acceptors (Lipinski definition) is 4. The van der Waals surface area contributed by atoms with E-state index in [2.05, 4.69) is 10.6 Å². The summed E-state index contributed by atoms with van der Waals surface area (Å²) in [5, 5.41) is 5.91. The Morgan fingerprint density at radius 2 is 2.05 bits per heavy atom. The number of fused-ring (bicyclic) bond motifs is 1. The molecule has 1 saturated carbocycles. The molecule has 6 heteroatoms. The van der Waals surface area contributed by atoms with Crippen molar-refractivity contribution >= 4 is 11.7 Å². The Kier molecular flexibility index (Phi) is 3.63. The third kappa shape index (κ3) is 2.76. The summed E-state index contributed by atoms with van der Waals surface area (Å²) in [4.78, 5) is 12.2. The number of carbonyl (C=O) groups excluding carboxylic acids is 1. The molecule has 0 saturated heterocycles. The summed E-state index contributed by atoms with van der Waals surface area (Å²) in [6.45, 7) is 2.69. The predicted molar refractivity (Wildman–Crippen MR) is 77.9 cm³/mol. The molecular weight excluding hydrogens is 272 g/mol. The molecule has 0 unspecified atom stereocenters. The second-order valence-electron chi connectivity index (χ2n) is 5.67. The van der Waals surface area contributed by atoms with Crippen molar-refractivity contribution in [1.82, 2.24) is 5.32 Å². The summed E-state index contributed by atoms with van der Waals surface area (Å²) in [6.07, 6.45) is 3.02. The van der Waals surface area contributed by atoms with Crippen LogP contribution in [0.4, 0.5) is 10.5 Å². The highest BCUT2D eigenvalue weighted by Gasteiger charge is 2.38. The molecule has 114 valence electrons. The summed E-state index contributed by atoms with van der Waals surface area (Å²) in [5.41, 5.74) is 1.44. The van der Waals surface area contributed by atoms with Gasteiger partial charge in [0.1, 0.15) is 0 Å². The van der Waals surface area contributed by atoms with E-state index < -0.39 is 0 Å². The van der Waals surface area contributed by atoms with Crippen molar-refractivity contribution in [3.63, 3.8) is 0 Å². The van der Waals surface area contributed by atoms with Gasteiger partial charge in [0.2, 0.25) is 6.79 Å². The van der Waals surface area contributed by atoms with E-state index in [4.69, 9.17) is 14.2 Å². The Balaban J connectivity index is 1.67. The molecule has 0 aromatic heterocycles. The number of carbonyl (C=O) groups is 1. The smallest absolute Gasteiger partial charge is 0.319 e. The van der Waals surface area contributed by atoms with Crippen LogP contribution in [0.3, 0.4) is 0 Å². The number of urea groups is 1. The number of methoxy groups -OCH3 is 1. The Hall–Kier alpha value is -1.95. The van der Waals surface area contributed by atoms with Crippen LogP contribution in [0.15, 0.2) is 12.1 Å². The van der Waals surface area contributed by atoms with Crippen molar-refractivity contribution in [2.24, 2.45) is 0 Å². The Morgan fingerprint density at radius 3 is 2.67 bits per heavy atom. The molecule has 0 bridgehead atoms. The van der Waals surface area contributed by atoms with Crippen LogP contribution < -0.4 is 20.1 Å². The van der Waals surface area contributed by atoms with Crippen LogP contribution in [0.1, 0.15) is 24.8 Å². The van der Waals surface area contributed by atoms with E-state index in [9.17, 15) is 4.79 Å². The maximum absolute atomic E-state index is 12.2. The van der Waals surface area contributed by atoms with Crippen LogP contribution >= 0.6 is 0 Å². The minimum Gasteiger partial charge on any atom is -0.454 e. The molecular formula is C15H20N2O4. The largest absolute Gasteiger partial charge is 0.454 e. The molecule has 2 N–H and O–H groups in total. The maximum Gasteiger partial charge on any atom is 0.319 e. The predicted octanol–water partition coefficient (Wildman–Crippen LogP) is 2.41. The number of benzene rings is 1. The van der Waals surface area contributed by atoms with Crippen LogP contribution in [0.5, 0.6) is 11.5 Å². The normalized spacial score (nSPS) is 18.0. The molecule has 1 heterocycles.